The van der Waals surface area contributed by atoms with Crippen LogP contribution in [0.25, 0.3) is 0 Å². The number of halogens is 1. The summed E-state index contributed by atoms with van der Waals surface area (Å²) in [5.74, 6) is 1.00. The zero-order chi connectivity index (χ0) is 10.1. The molecule has 2 rings (SSSR count). The Morgan fingerprint density at radius 2 is 2.29 bits per heavy atom. The van der Waals surface area contributed by atoms with Gasteiger partial charge < -0.3 is 4.90 Å². The van der Waals surface area contributed by atoms with E-state index in [-0.39, 0.29) is 0 Å². The summed E-state index contributed by atoms with van der Waals surface area (Å²) >= 11 is 5.72. The first kappa shape index (κ1) is 9.46. The Balaban J connectivity index is 2.31. The lowest BCUT2D eigenvalue weighted by atomic mass is 10.2. The highest BCUT2D eigenvalue weighted by Gasteiger charge is 2.19. The summed E-state index contributed by atoms with van der Waals surface area (Å²) in [6, 6.07) is 4.10. The number of aromatic nitrogens is 1. The lowest BCUT2D eigenvalue weighted by Gasteiger charge is -2.13. The molecule has 1 aromatic heterocycles. The molecule has 0 spiro atoms. The zero-order valence-corrected chi connectivity index (χ0v) is 8.99. The van der Waals surface area contributed by atoms with E-state index in [0.29, 0.717) is 11.2 Å². The van der Waals surface area contributed by atoms with Crippen molar-refractivity contribution in [1.82, 2.24) is 9.88 Å². The Morgan fingerprint density at radius 1 is 1.50 bits per heavy atom. The molecule has 0 amide bonds. The standard InChI is InChI=1S/C10H12ClN3/c1-7-6-14(2)10(13-7)8-3-4-9(11)12-5-8/h3-5,7H,6H2,1-2H3. The molecule has 0 bridgehead atoms. The summed E-state index contributed by atoms with van der Waals surface area (Å²) in [6.07, 6.45) is 1.76. The molecule has 1 aromatic rings. The smallest absolute Gasteiger partial charge is 0.132 e. The summed E-state index contributed by atoms with van der Waals surface area (Å²) < 4.78 is 0. The van der Waals surface area contributed by atoms with Crippen molar-refractivity contribution < 1.29 is 0 Å². The molecule has 0 fully saturated rings. The number of amidine groups is 1. The molecule has 4 heteroatoms. The van der Waals surface area contributed by atoms with Crippen LogP contribution in [0.2, 0.25) is 5.15 Å². The SMILES string of the molecule is CC1CN(C)C(c2ccc(Cl)nc2)=N1. The molecular weight excluding hydrogens is 198 g/mol. The Bertz CT molecular complexity index is 358. The van der Waals surface area contributed by atoms with Gasteiger partial charge in [0.1, 0.15) is 11.0 Å². The Kier molecular flexibility index (Phi) is 2.42. The van der Waals surface area contributed by atoms with Gasteiger partial charge in [-0.25, -0.2) is 4.98 Å². The minimum Gasteiger partial charge on any atom is -0.357 e. The second-order valence-electron chi connectivity index (χ2n) is 3.55. The molecule has 14 heavy (non-hydrogen) atoms. The van der Waals surface area contributed by atoms with Gasteiger partial charge in [0.15, 0.2) is 0 Å². The quantitative estimate of drug-likeness (QED) is 0.660. The first-order valence-electron chi connectivity index (χ1n) is 4.57. The van der Waals surface area contributed by atoms with Gasteiger partial charge >= 0.3 is 0 Å². The fraction of sp³-hybridized carbons (Fsp3) is 0.400. The van der Waals surface area contributed by atoms with Gasteiger partial charge in [-0.2, -0.15) is 0 Å². The van der Waals surface area contributed by atoms with Crippen molar-refractivity contribution in [1.29, 1.82) is 0 Å². The van der Waals surface area contributed by atoms with E-state index in [1.54, 1.807) is 12.3 Å². The molecule has 1 atom stereocenters. The van der Waals surface area contributed by atoms with Gasteiger partial charge in [-0.15, -0.1) is 0 Å². The third-order valence-corrected chi connectivity index (χ3v) is 2.45. The molecule has 0 aromatic carbocycles. The molecular formula is C10H12ClN3. The molecule has 3 nitrogen and oxygen atoms in total. The molecule has 1 aliphatic rings. The molecule has 1 aliphatic heterocycles. The van der Waals surface area contributed by atoms with Crippen molar-refractivity contribution in [2.75, 3.05) is 13.6 Å². The van der Waals surface area contributed by atoms with Crippen molar-refractivity contribution in [3.63, 3.8) is 0 Å². The van der Waals surface area contributed by atoms with Crippen LogP contribution in [0, 0.1) is 0 Å². The van der Waals surface area contributed by atoms with E-state index in [1.807, 2.05) is 13.1 Å². The van der Waals surface area contributed by atoms with Crippen molar-refractivity contribution in [2.45, 2.75) is 13.0 Å². The maximum atomic E-state index is 5.72. The number of nitrogens with zero attached hydrogens (tertiary/aromatic N) is 3. The fourth-order valence-electron chi connectivity index (χ4n) is 1.63. The first-order chi connectivity index (χ1) is 6.66. The summed E-state index contributed by atoms with van der Waals surface area (Å²) in [5, 5.41) is 0.517. The molecule has 2 heterocycles. The van der Waals surface area contributed by atoms with Crippen molar-refractivity contribution in [3.8, 4) is 0 Å². The van der Waals surface area contributed by atoms with E-state index in [9.17, 15) is 0 Å². The van der Waals surface area contributed by atoms with Crippen molar-refractivity contribution >= 4 is 17.4 Å². The first-order valence-corrected chi connectivity index (χ1v) is 4.95. The highest BCUT2D eigenvalue weighted by atomic mass is 35.5. The van der Waals surface area contributed by atoms with E-state index in [2.05, 4.69) is 21.8 Å². The number of hydrogen-bond donors (Lipinski definition) is 0. The van der Waals surface area contributed by atoms with Gasteiger partial charge in [-0.1, -0.05) is 11.6 Å². The molecule has 0 saturated heterocycles. The molecule has 1 unspecified atom stereocenters. The van der Waals surface area contributed by atoms with Crippen LogP contribution in [0.1, 0.15) is 12.5 Å². The van der Waals surface area contributed by atoms with Crippen LogP contribution in [0.4, 0.5) is 0 Å². The monoisotopic (exact) mass is 209 g/mol. The van der Waals surface area contributed by atoms with E-state index in [4.69, 9.17) is 11.6 Å². The van der Waals surface area contributed by atoms with Crippen LogP contribution < -0.4 is 0 Å². The van der Waals surface area contributed by atoms with Gasteiger partial charge in [-0.3, -0.25) is 4.99 Å². The topological polar surface area (TPSA) is 28.5 Å². The van der Waals surface area contributed by atoms with Gasteiger partial charge in [0, 0.05) is 25.4 Å². The van der Waals surface area contributed by atoms with Gasteiger partial charge in [0.2, 0.25) is 0 Å². The lowest BCUT2D eigenvalue weighted by Crippen LogP contribution is -2.24. The Labute approximate surface area is 88.4 Å². The predicted octanol–water partition coefficient (Wildman–Crippen LogP) is 1.82. The van der Waals surface area contributed by atoms with E-state index < -0.39 is 0 Å². The van der Waals surface area contributed by atoms with Gasteiger partial charge in [0.25, 0.3) is 0 Å². The average molecular weight is 210 g/mol. The number of likely N-dealkylation sites (N-methyl/N-ethyl adjacent to an activating group) is 1. The molecule has 0 radical (unpaired) electrons. The summed E-state index contributed by atoms with van der Waals surface area (Å²) in [4.78, 5) is 10.7. The average Bonchev–Trinajstić information content (AvgIpc) is 2.47. The van der Waals surface area contributed by atoms with E-state index in [1.165, 1.54) is 0 Å². The highest BCUT2D eigenvalue weighted by molar-refractivity contribution is 6.29. The number of hydrogen-bond acceptors (Lipinski definition) is 3. The highest BCUT2D eigenvalue weighted by Crippen LogP contribution is 2.14. The minimum atomic E-state index is 0.366. The van der Waals surface area contributed by atoms with Crippen LogP contribution in [0.15, 0.2) is 23.3 Å². The van der Waals surface area contributed by atoms with Crippen LogP contribution in [0.5, 0.6) is 0 Å². The fourth-order valence-corrected chi connectivity index (χ4v) is 1.75. The molecule has 74 valence electrons. The summed E-state index contributed by atoms with van der Waals surface area (Å²) in [5.41, 5.74) is 1.03. The molecule has 0 N–H and O–H groups in total. The summed E-state index contributed by atoms with van der Waals surface area (Å²) in [7, 11) is 2.04. The number of aliphatic imine (C=N–C) groups is 1. The predicted molar refractivity (Wildman–Crippen MR) is 57.9 cm³/mol. The third-order valence-electron chi connectivity index (χ3n) is 2.23. The minimum absolute atomic E-state index is 0.366. The van der Waals surface area contributed by atoms with E-state index in [0.717, 1.165) is 17.9 Å². The van der Waals surface area contributed by atoms with Crippen molar-refractivity contribution in [2.24, 2.45) is 4.99 Å². The van der Waals surface area contributed by atoms with Gasteiger partial charge in [-0.05, 0) is 19.1 Å². The Hall–Kier alpha value is -1.09. The lowest BCUT2D eigenvalue weighted by molar-refractivity contribution is 0.514. The van der Waals surface area contributed by atoms with Gasteiger partial charge in [0.05, 0.1) is 6.04 Å². The largest absolute Gasteiger partial charge is 0.357 e. The third kappa shape index (κ3) is 1.73. The van der Waals surface area contributed by atoms with Crippen LogP contribution in [-0.4, -0.2) is 35.4 Å². The second kappa shape index (κ2) is 3.58. The number of rotatable bonds is 1. The second-order valence-corrected chi connectivity index (χ2v) is 3.94. The summed E-state index contributed by atoms with van der Waals surface area (Å²) in [6.45, 7) is 3.07. The van der Waals surface area contributed by atoms with Crippen LogP contribution in [-0.2, 0) is 0 Å². The molecule has 0 aliphatic carbocycles. The van der Waals surface area contributed by atoms with Crippen LogP contribution >= 0.6 is 11.6 Å². The normalized spacial score (nSPS) is 21.2. The maximum absolute atomic E-state index is 5.72. The van der Waals surface area contributed by atoms with Crippen LogP contribution in [0.3, 0.4) is 0 Å². The maximum Gasteiger partial charge on any atom is 0.132 e. The number of pyridine rings is 1. The van der Waals surface area contributed by atoms with E-state index >= 15 is 0 Å². The molecule has 0 saturated carbocycles. The zero-order valence-electron chi connectivity index (χ0n) is 8.24. The van der Waals surface area contributed by atoms with Crippen molar-refractivity contribution in [3.05, 3.63) is 29.0 Å². The Morgan fingerprint density at radius 3 is 2.79 bits per heavy atom.